The lowest BCUT2D eigenvalue weighted by Gasteiger charge is -2.17. The fraction of sp³-hybridized carbons (Fsp3) is 0.400. The van der Waals surface area contributed by atoms with Crippen molar-refractivity contribution in [3.8, 4) is 0 Å². The third-order valence-corrected chi connectivity index (χ3v) is 4.65. The van der Waals surface area contributed by atoms with E-state index in [1.165, 1.54) is 37.1 Å². The van der Waals surface area contributed by atoms with Crippen molar-refractivity contribution in [1.82, 2.24) is 4.90 Å². The Morgan fingerprint density at radius 3 is 2.24 bits per heavy atom. The molecule has 0 bridgehead atoms. The Kier molecular flexibility index (Phi) is 4.72. The van der Waals surface area contributed by atoms with Crippen LogP contribution in [0.4, 0.5) is 0 Å². The van der Waals surface area contributed by atoms with Gasteiger partial charge in [-0.05, 0) is 23.5 Å². The Hall–Kier alpha value is -1.60. The first kappa shape index (κ1) is 14.3. The fourth-order valence-electron chi connectivity index (χ4n) is 3.67. The molecule has 1 heteroatoms. The summed E-state index contributed by atoms with van der Waals surface area (Å²) >= 11 is 0. The molecule has 110 valence electrons. The molecule has 1 fully saturated rings. The van der Waals surface area contributed by atoms with E-state index in [2.05, 4.69) is 72.5 Å². The molecular formula is C20H25N. The Morgan fingerprint density at radius 2 is 1.57 bits per heavy atom. The monoisotopic (exact) mass is 279 g/mol. The van der Waals surface area contributed by atoms with E-state index in [-0.39, 0.29) is 0 Å². The number of benzene rings is 2. The van der Waals surface area contributed by atoms with E-state index in [9.17, 15) is 0 Å². The highest BCUT2D eigenvalue weighted by atomic mass is 15.2. The summed E-state index contributed by atoms with van der Waals surface area (Å²) in [7, 11) is 0. The Bertz CT molecular complexity index is 534. The fourth-order valence-corrected chi connectivity index (χ4v) is 3.67. The molecule has 1 nitrogen and oxygen atoms in total. The molecule has 2 aromatic rings. The van der Waals surface area contributed by atoms with Crippen LogP contribution in [0.5, 0.6) is 0 Å². The number of likely N-dealkylation sites (tertiary alicyclic amines) is 1. The van der Waals surface area contributed by atoms with Crippen molar-refractivity contribution in [3.63, 3.8) is 0 Å². The van der Waals surface area contributed by atoms with Crippen LogP contribution in [-0.4, -0.2) is 18.0 Å². The van der Waals surface area contributed by atoms with Gasteiger partial charge in [0, 0.05) is 25.6 Å². The molecular weight excluding hydrogens is 254 g/mol. The highest BCUT2D eigenvalue weighted by Gasteiger charge is 2.32. The number of hydrogen-bond acceptors (Lipinski definition) is 1. The van der Waals surface area contributed by atoms with E-state index < -0.39 is 0 Å². The van der Waals surface area contributed by atoms with Crippen molar-refractivity contribution in [2.24, 2.45) is 5.92 Å². The van der Waals surface area contributed by atoms with Gasteiger partial charge < -0.3 is 0 Å². The van der Waals surface area contributed by atoms with Crippen LogP contribution in [-0.2, 0) is 6.54 Å². The molecule has 0 aromatic heterocycles. The SMILES string of the molecule is CCC[C@@H]1CN(Cc2ccccc2)C[C@H]1c1ccccc1. The molecule has 0 aliphatic carbocycles. The van der Waals surface area contributed by atoms with E-state index >= 15 is 0 Å². The molecule has 21 heavy (non-hydrogen) atoms. The van der Waals surface area contributed by atoms with Crippen molar-refractivity contribution in [2.75, 3.05) is 13.1 Å². The van der Waals surface area contributed by atoms with Crippen LogP contribution in [0.15, 0.2) is 60.7 Å². The van der Waals surface area contributed by atoms with Gasteiger partial charge in [-0.3, -0.25) is 4.90 Å². The first-order valence-corrected chi connectivity index (χ1v) is 8.18. The molecule has 3 rings (SSSR count). The highest BCUT2D eigenvalue weighted by molar-refractivity contribution is 5.23. The normalized spacial score (nSPS) is 22.5. The molecule has 1 heterocycles. The van der Waals surface area contributed by atoms with Crippen LogP contribution in [0.1, 0.15) is 36.8 Å². The van der Waals surface area contributed by atoms with Gasteiger partial charge >= 0.3 is 0 Å². The standard InChI is InChI=1S/C20H25N/c1-2-9-19-15-21(14-17-10-5-3-6-11-17)16-20(19)18-12-7-4-8-13-18/h3-8,10-13,19-20H,2,9,14-16H2,1H3/t19-,20+/m1/s1. The molecule has 0 radical (unpaired) electrons. The lowest BCUT2D eigenvalue weighted by atomic mass is 9.86. The zero-order valence-electron chi connectivity index (χ0n) is 12.9. The molecule has 2 aromatic carbocycles. The second kappa shape index (κ2) is 6.91. The molecule has 0 amide bonds. The van der Waals surface area contributed by atoms with Crippen molar-refractivity contribution >= 4 is 0 Å². The molecule has 0 N–H and O–H groups in total. The van der Waals surface area contributed by atoms with Crippen LogP contribution in [0, 0.1) is 5.92 Å². The van der Waals surface area contributed by atoms with Gasteiger partial charge in [-0.25, -0.2) is 0 Å². The predicted molar refractivity (Wildman–Crippen MR) is 89.3 cm³/mol. The summed E-state index contributed by atoms with van der Waals surface area (Å²) in [6, 6.07) is 22.0. The minimum absolute atomic E-state index is 0.704. The van der Waals surface area contributed by atoms with Crippen LogP contribution in [0.2, 0.25) is 0 Å². The summed E-state index contributed by atoms with van der Waals surface area (Å²) in [5, 5.41) is 0. The smallest absolute Gasteiger partial charge is 0.0234 e. The minimum Gasteiger partial charge on any atom is -0.298 e. The van der Waals surface area contributed by atoms with Crippen LogP contribution < -0.4 is 0 Å². The second-order valence-electron chi connectivity index (χ2n) is 6.25. The van der Waals surface area contributed by atoms with Gasteiger partial charge in [0.05, 0.1) is 0 Å². The van der Waals surface area contributed by atoms with E-state index in [4.69, 9.17) is 0 Å². The maximum absolute atomic E-state index is 2.63. The van der Waals surface area contributed by atoms with Gasteiger partial charge in [-0.15, -0.1) is 0 Å². The quantitative estimate of drug-likeness (QED) is 0.766. The molecule has 0 saturated carbocycles. The maximum Gasteiger partial charge on any atom is 0.0234 e. The number of nitrogens with zero attached hydrogens (tertiary/aromatic N) is 1. The van der Waals surface area contributed by atoms with Gasteiger partial charge in [0.25, 0.3) is 0 Å². The molecule has 0 unspecified atom stereocenters. The Labute approximate surface area is 128 Å². The number of hydrogen-bond donors (Lipinski definition) is 0. The minimum atomic E-state index is 0.704. The molecule has 0 spiro atoms. The Morgan fingerprint density at radius 1 is 0.905 bits per heavy atom. The maximum atomic E-state index is 2.63. The summed E-state index contributed by atoms with van der Waals surface area (Å²) in [4.78, 5) is 2.63. The van der Waals surface area contributed by atoms with Crippen molar-refractivity contribution in [3.05, 3.63) is 71.8 Å². The topological polar surface area (TPSA) is 3.24 Å². The molecule has 1 saturated heterocycles. The lowest BCUT2D eigenvalue weighted by Crippen LogP contribution is -2.20. The van der Waals surface area contributed by atoms with Gasteiger partial charge in [-0.2, -0.15) is 0 Å². The molecule has 1 aliphatic heterocycles. The average Bonchev–Trinajstić information content (AvgIpc) is 2.92. The first-order valence-electron chi connectivity index (χ1n) is 8.18. The van der Waals surface area contributed by atoms with Gasteiger partial charge in [0.1, 0.15) is 0 Å². The summed E-state index contributed by atoms with van der Waals surface area (Å²) in [5.41, 5.74) is 2.95. The third-order valence-electron chi connectivity index (χ3n) is 4.65. The molecule has 1 aliphatic rings. The second-order valence-corrected chi connectivity index (χ2v) is 6.25. The predicted octanol–water partition coefficient (Wildman–Crippen LogP) is 4.70. The van der Waals surface area contributed by atoms with Crippen molar-refractivity contribution < 1.29 is 0 Å². The lowest BCUT2D eigenvalue weighted by molar-refractivity contribution is 0.312. The van der Waals surface area contributed by atoms with Crippen LogP contribution in [0.25, 0.3) is 0 Å². The van der Waals surface area contributed by atoms with Gasteiger partial charge in [0.15, 0.2) is 0 Å². The van der Waals surface area contributed by atoms with E-state index in [0.29, 0.717) is 5.92 Å². The summed E-state index contributed by atoms with van der Waals surface area (Å²) < 4.78 is 0. The van der Waals surface area contributed by atoms with Gasteiger partial charge in [0.2, 0.25) is 0 Å². The zero-order chi connectivity index (χ0) is 14.5. The van der Waals surface area contributed by atoms with Crippen molar-refractivity contribution in [2.45, 2.75) is 32.2 Å². The Balaban J connectivity index is 1.72. The summed E-state index contributed by atoms with van der Waals surface area (Å²) in [6.07, 6.45) is 2.62. The molecule has 2 atom stereocenters. The van der Waals surface area contributed by atoms with Gasteiger partial charge in [-0.1, -0.05) is 74.0 Å². The van der Waals surface area contributed by atoms with Crippen molar-refractivity contribution in [1.29, 1.82) is 0 Å². The first-order chi connectivity index (χ1) is 10.4. The summed E-state index contributed by atoms with van der Waals surface area (Å²) in [6.45, 7) is 5.83. The number of rotatable bonds is 5. The zero-order valence-corrected chi connectivity index (χ0v) is 12.9. The third kappa shape index (κ3) is 3.54. The average molecular weight is 279 g/mol. The van der Waals surface area contributed by atoms with E-state index in [1.54, 1.807) is 0 Å². The summed E-state index contributed by atoms with van der Waals surface area (Å²) in [5.74, 6) is 1.51. The van der Waals surface area contributed by atoms with Crippen LogP contribution >= 0.6 is 0 Å². The van der Waals surface area contributed by atoms with E-state index in [0.717, 1.165) is 12.5 Å². The largest absolute Gasteiger partial charge is 0.298 e. The van der Waals surface area contributed by atoms with Crippen LogP contribution in [0.3, 0.4) is 0 Å². The van der Waals surface area contributed by atoms with E-state index in [1.807, 2.05) is 0 Å². The highest BCUT2D eigenvalue weighted by Crippen LogP contribution is 2.35.